The molecule has 3 aromatic rings. The van der Waals surface area contributed by atoms with Gasteiger partial charge in [0.1, 0.15) is 0 Å². The van der Waals surface area contributed by atoms with Gasteiger partial charge in [-0.3, -0.25) is 14.2 Å². The van der Waals surface area contributed by atoms with Crippen molar-refractivity contribution in [1.82, 2.24) is 4.57 Å². The van der Waals surface area contributed by atoms with Crippen molar-refractivity contribution in [1.29, 1.82) is 0 Å². The van der Waals surface area contributed by atoms with Crippen LogP contribution in [0.25, 0.3) is 6.08 Å². The van der Waals surface area contributed by atoms with Crippen LogP contribution in [0.1, 0.15) is 70.2 Å². The van der Waals surface area contributed by atoms with E-state index in [2.05, 4.69) is 41.4 Å². The molecule has 2 aromatic carbocycles. The maximum atomic E-state index is 13.9. The van der Waals surface area contributed by atoms with Crippen LogP contribution in [0, 0.1) is 3.57 Å². The fourth-order valence-corrected chi connectivity index (χ4v) is 6.28. The van der Waals surface area contributed by atoms with E-state index in [1.807, 2.05) is 37.3 Å². The van der Waals surface area contributed by atoms with E-state index in [4.69, 9.17) is 14.2 Å². The van der Waals surface area contributed by atoms with Gasteiger partial charge in [0.15, 0.2) is 16.3 Å². The zero-order valence-corrected chi connectivity index (χ0v) is 26.2. The first kappa shape index (κ1) is 29.7. The predicted octanol–water partition coefficient (Wildman–Crippen LogP) is 4.85. The molecule has 0 unspecified atom stereocenters. The number of rotatable bonds is 8. The Balaban J connectivity index is 1.91. The van der Waals surface area contributed by atoms with Crippen LogP contribution in [0.4, 0.5) is 0 Å². The number of carbonyl (C=O) groups is 2. The van der Waals surface area contributed by atoms with Gasteiger partial charge >= 0.3 is 11.9 Å². The van der Waals surface area contributed by atoms with Crippen molar-refractivity contribution >= 4 is 51.9 Å². The highest BCUT2D eigenvalue weighted by atomic mass is 127. The van der Waals surface area contributed by atoms with Gasteiger partial charge in [0.05, 0.1) is 38.6 Å². The monoisotopic (exact) mass is 674 g/mol. The number of carbonyl (C=O) groups excluding carboxylic acids is 2. The molecule has 0 saturated carbocycles. The van der Waals surface area contributed by atoms with Gasteiger partial charge in [-0.05, 0) is 84.2 Å². The zero-order valence-electron chi connectivity index (χ0n) is 23.2. The van der Waals surface area contributed by atoms with Crippen LogP contribution in [0.15, 0.2) is 57.5 Å². The Morgan fingerprint density at radius 3 is 2.45 bits per heavy atom. The Morgan fingerprint density at radius 2 is 1.85 bits per heavy atom. The van der Waals surface area contributed by atoms with E-state index in [9.17, 15) is 14.4 Å². The van der Waals surface area contributed by atoms with E-state index < -0.39 is 18.0 Å². The average molecular weight is 675 g/mol. The summed E-state index contributed by atoms with van der Waals surface area (Å²) in [5.41, 5.74) is 3.25. The lowest BCUT2D eigenvalue weighted by molar-refractivity contribution is -0.139. The number of nitrogens with zero attached hydrogens (tertiary/aromatic N) is 2. The van der Waals surface area contributed by atoms with Gasteiger partial charge in [-0.15, -0.1) is 0 Å². The number of hydrogen-bond acceptors (Lipinski definition) is 8. The number of fused-ring (bicyclic) bond motifs is 1. The summed E-state index contributed by atoms with van der Waals surface area (Å²) in [4.78, 5) is 43.8. The molecular weight excluding hydrogens is 643 g/mol. The van der Waals surface area contributed by atoms with Crippen LogP contribution in [0.2, 0.25) is 0 Å². The number of allylic oxidation sites excluding steroid dienone is 1. The Hall–Kier alpha value is -3.25. The first-order valence-electron chi connectivity index (χ1n) is 13.0. The minimum atomic E-state index is -0.677. The second-order valence-electron chi connectivity index (χ2n) is 9.48. The first-order valence-corrected chi connectivity index (χ1v) is 14.9. The first-order chi connectivity index (χ1) is 19.0. The zero-order chi connectivity index (χ0) is 29.1. The van der Waals surface area contributed by atoms with Crippen molar-refractivity contribution in [2.24, 2.45) is 4.99 Å². The molecule has 8 nitrogen and oxygen atoms in total. The van der Waals surface area contributed by atoms with Gasteiger partial charge in [0, 0.05) is 6.92 Å². The van der Waals surface area contributed by atoms with Crippen molar-refractivity contribution < 1.29 is 23.8 Å². The molecule has 1 aromatic heterocycles. The number of hydrogen-bond donors (Lipinski definition) is 0. The van der Waals surface area contributed by atoms with E-state index in [0.717, 1.165) is 11.1 Å². The standard InChI is InChI=1S/C30H31IN2O6S/c1-7-37-23-14-19(13-22(31)27(23)39-18(6)34)15-24-28(35)33-26(21-11-9-20(10-12-21)16(3)4)25(29(36)38-8-2)17(5)32-30(33)40-24/h9-16,26H,7-8H2,1-6H3/b24-15-/t26-/m1/s1. The van der Waals surface area contributed by atoms with Gasteiger partial charge in [0.2, 0.25) is 0 Å². The highest BCUT2D eigenvalue weighted by molar-refractivity contribution is 14.1. The van der Waals surface area contributed by atoms with Crippen LogP contribution >= 0.6 is 33.9 Å². The maximum absolute atomic E-state index is 13.9. The summed E-state index contributed by atoms with van der Waals surface area (Å²) < 4.78 is 19.2. The van der Waals surface area contributed by atoms with Crippen molar-refractivity contribution in [3.63, 3.8) is 0 Å². The lowest BCUT2D eigenvalue weighted by atomic mass is 9.93. The summed E-state index contributed by atoms with van der Waals surface area (Å²) >= 11 is 3.32. The largest absolute Gasteiger partial charge is 0.490 e. The van der Waals surface area contributed by atoms with Gasteiger partial charge in [-0.1, -0.05) is 49.4 Å². The third-order valence-corrected chi connectivity index (χ3v) is 8.10. The van der Waals surface area contributed by atoms with E-state index in [0.29, 0.717) is 53.8 Å². The van der Waals surface area contributed by atoms with Crippen molar-refractivity contribution in [3.8, 4) is 11.5 Å². The third kappa shape index (κ3) is 6.07. The van der Waals surface area contributed by atoms with E-state index in [-0.39, 0.29) is 12.2 Å². The van der Waals surface area contributed by atoms with Crippen LogP contribution < -0.4 is 24.4 Å². The Bertz CT molecular complexity index is 1670. The Kier molecular flexibility index (Phi) is 9.29. The second-order valence-corrected chi connectivity index (χ2v) is 11.7. The van der Waals surface area contributed by atoms with Gasteiger partial charge in [-0.2, -0.15) is 0 Å². The molecule has 210 valence electrons. The number of esters is 2. The van der Waals surface area contributed by atoms with Crippen LogP contribution in [0.3, 0.4) is 0 Å². The lowest BCUT2D eigenvalue weighted by Gasteiger charge is -2.25. The number of halogens is 1. The number of aromatic nitrogens is 1. The molecule has 0 fully saturated rings. The smallest absolute Gasteiger partial charge is 0.338 e. The molecule has 1 aliphatic rings. The normalized spacial score (nSPS) is 15.1. The average Bonchev–Trinajstić information content (AvgIpc) is 3.19. The molecule has 10 heteroatoms. The van der Waals surface area contributed by atoms with Crippen molar-refractivity contribution in [2.45, 2.75) is 53.5 Å². The molecule has 1 aliphatic heterocycles. The molecule has 40 heavy (non-hydrogen) atoms. The van der Waals surface area contributed by atoms with E-state index >= 15 is 0 Å². The second kappa shape index (κ2) is 12.5. The highest BCUT2D eigenvalue weighted by Gasteiger charge is 2.33. The summed E-state index contributed by atoms with van der Waals surface area (Å²) in [5.74, 6) is 0.150. The Morgan fingerprint density at radius 1 is 1.15 bits per heavy atom. The van der Waals surface area contributed by atoms with Crippen molar-refractivity contribution in [2.75, 3.05) is 13.2 Å². The number of ether oxygens (including phenoxy) is 3. The van der Waals surface area contributed by atoms with Crippen molar-refractivity contribution in [3.05, 3.63) is 87.6 Å². The summed E-state index contributed by atoms with van der Waals surface area (Å²) in [6.07, 6.45) is 1.76. The Labute approximate surface area is 250 Å². The molecular formula is C30H31IN2O6S. The molecule has 4 rings (SSSR count). The molecule has 2 heterocycles. The fourth-order valence-electron chi connectivity index (χ4n) is 4.50. The van der Waals surface area contributed by atoms with E-state index in [1.54, 1.807) is 30.6 Å². The van der Waals surface area contributed by atoms with Crippen LogP contribution in [-0.4, -0.2) is 29.7 Å². The van der Waals surface area contributed by atoms with Crippen LogP contribution in [-0.2, 0) is 14.3 Å². The fraction of sp³-hybridized carbons (Fsp3) is 0.333. The molecule has 0 saturated heterocycles. The predicted molar refractivity (Wildman–Crippen MR) is 163 cm³/mol. The van der Waals surface area contributed by atoms with Gasteiger partial charge in [-0.25, -0.2) is 9.79 Å². The molecule has 1 atom stereocenters. The molecule has 0 radical (unpaired) electrons. The minimum Gasteiger partial charge on any atom is -0.490 e. The minimum absolute atomic E-state index is 0.211. The SMILES string of the molecule is CCOC(=O)C1=C(C)N=c2s/c(=C\c3cc(I)c(OC(C)=O)c(OCC)c3)c(=O)n2[C@@H]1c1ccc(C(C)C)cc1. The van der Waals surface area contributed by atoms with E-state index in [1.165, 1.54) is 18.3 Å². The lowest BCUT2D eigenvalue weighted by Crippen LogP contribution is -2.39. The molecule has 0 bridgehead atoms. The highest BCUT2D eigenvalue weighted by Crippen LogP contribution is 2.35. The van der Waals surface area contributed by atoms with Gasteiger partial charge < -0.3 is 14.2 Å². The topological polar surface area (TPSA) is 96.2 Å². The summed E-state index contributed by atoms with van der Waals surface area (Å²) in [7, 11) is 0. The molecule has 0 spiro atoms. The molecule has 0 aliphatic carbocycles. The molecule has 0 N–H and O–H groups in total. The molecule has 0 amide bonds. The quantitative estimate of drug-likeness (QED) is 0.193. The summed E-state index contributed by atoms with van der Waals surface area (Å²) in [5, 5.41) is 0. The summed E-state index contributed by atoms with van der Waals surface area (Å²) in [6.45, 7) is 11.5. The van der Waals surface area contributed by atoms with Gasteiger partial charge in [0.25, 0.3) is 5.56 Å². The number of thiazole rings is 1. The number of benzene rings is 2. The van der Waals surface area contributed by atoms with Crippen LogP contribution in [0.5, 0.6) is 11.5 Å². The maximum Gasteiger partial charge on any atom is 0.338 e. The summed E-state index contributed by atoms with van der Waals surface area (Å²) in [6, 6.07) is 10.8. The third-order valence-electron chi connectivity index (χ3n) is 6.31.